The summed E-state index contributed by atoms with van der Waals surface area (Å²) in [5, 5.41) is 35.6. The summed E-state index contributed by atoms with van der Waals surface area (Å²) in [5.41, 5.74) is 15.5. The maximum absolute atomic E-state index is 14.2. The second kappa shape index (κ2) is 24.4. The predicted molar refractivity (Wildman–Crippen MR) is 307 cm³/mol. The number of β-amino-alcohol motifs (C(OH)–C–C–N with tert-alkyl or cyclic N) is 1. The third-order valence-electron chi connectivity index (χ3n) is 15.8. The smallest absolute Gasteiger partial charge is 0.246 e. The zero-order valence-electron chi connectivity index (χ0n) is 45.6. The Bertz CT molecular complexity index is 3060. The van der Waals surface area contributed by atoms with Gasteiger partial charge in [0.25, 0.3) is 0 Å². The number of ether oxygens (including phenoxy) is 1. The van der Waals surface area contributed by atoms with Crippen molar-refractivity contribution in [3.63, 3.8) is 0 Å². The molecule has 3 amide bonds. The first-order valence-electron chi connectivity index (χ1n) is 27.6. The molecule has 19 nitrogen and oxygen atoms in total. The summed E-state index contributed by atoms with van der Waals surface area (Å²) < 4.78 is 6.12. The number of aliphatic hydroxyl groups is 1. The van der Waals surface area contributed by atoms with E-state index in [0.29, 0.717) is 42.4 Å². The highest BCUT2D eigenvalue weighted by molar-refractivity contribution is 7.13. The summed E-state index contributed by atoms with van der Waals surface area (Å²) in [6.45, 7) is 15.1. The lowest BCUT2D eigenvalue weighted by Gasteiger charge is -2.43. The van der Waals surface area contributed by atoms with Gasteiger partial charge in [-0.3, -0.25) is 24.3 Å². The number of amides is 3. The van der Waals surface area contributed by atoms with Gasteiger partial charge >= 0.3 is 0 Å². The SMILES string of the molecule is Cc1ncsc1-c1ccc(CNC(=O)[C@@H]2C[C@@H](O)CN2C(=O)[C@@H](NC(=O)Cc2ccc(N3CCN(CCOCCCc4cc(N5C6CCC5CN(c5cc(-c7ccccc7O)nnc5N)C6)ccn4)CC3)nc2)C(C)(C)C)cc1. The quantitative estimate of drug-likeness (QED) is 0.0619. The van der Waals surface area contributed by atoms with Crippen LogP contribution in [0.4, 0.5) is 23.0 Å². The highest BCUT2D eigenvalue weighted by atomic mass is 32.1. The molecule has 0 spiro atoms. The molecule has 4 saturated heterocycles. The molecule has 4 aliphatic rings. The summed E-state index contributed by atoms with van der Waals surface area (Å²) in [4.78, 5) is 67.2. The van der Waals surface area contributed by atoms with Crippen LogP contribution in [0.25, 0.3) is 21.7 Å². The third kappa shape index (κ3) is 13.1. The maximum Gasteiger partial charge on any atom is 0.246 e. The zero-order valence-corrected chi connectivity index (χ0v) is 46.4. The topological polar surface area (TPSA) is 232 Å². The van der Waals surface area contributed by atoms with E-state index >= 15 is 0 Å². The Hall–Kier alpha value is -7.26. The molecule has 10 rings (SSSR count). The van der Waals surface area contributed by atoms with E-state index in [1.54, 1.807) is 29.7 Å². The van der Waals surface area contributed by atoms with E-state index in [9.17, 15) is 24.6 Å². The first-order valence-corrected chi connectivity index (χ1v) is 28.5. The number of carbonyl (C=O) groups excluding carboxylic acids is 3. The second-order valence-electron chi connectivity index (χ2n) is 22.4. The molecule has 6 N–H and O–H groups in total. The summed E-state index contributed by atoms with van der Waals surface area (Å²) in [6.07, 6.45) is 6.84. The van der Waals surface area contributed by atoms with Crippen molar-refractivity contribution in [1.82, 2.24) is 45.6 Å². The van der Waals surface area contributed by atoms with Crippen LogP contribution in [-0.4, -0.2) is 159 Å². The van der Waals surface area contributed by atoms with Crippen molar-refractivity contribution >= 4 is 52.1 Å². The molecule has 4 aromatic heterocycles. The molecule has 8 heterocycles. The van der Waals surface area contributed by atoms with Crippen molar-refractivity contribution in [2.45, 2.75) is 103 Å². The van der Waals surface area contributed by atoms with Crippen molar-refractivity contribution in [2.75, 3.05) is 86.0 Å². The molecule has 5 atom stereocenters. The van der Waals surface area contributed by atoms with Gasteiger partial charge in [-0.2, -0.15) is 0 Å². The zero-order chi connectivity index (χ0) is 55.2. The number of likely N-dealkylation sites (tertiary alicyclic amines) is 1. The summed E-state index contributed by atoms with van der Waals surface area (Å²) in [7, 11) is 0. The fourth-order valence-electron chi connectivity index (χ4n) is 11.5. The normalized spacial score (nSPS) is 19.9. The molecule has 4 fully saturated rings. The van der Waals surface area contributed by atoms with Crippen LogP contribution in [0.1, 0.15) is 69.0 Å². The molecule has 0 radical (unpaired) electrons. The number of nitrogens with zero attached hydrogens (tertiary/aromatic N) is 10. The highest BCUT2D eigenvalue weighted by Gasteiger charge is 2.45. The Kier molecular flexibility index (Phi) is 17.0. The van der Waals surface area contributed by atoms with Gasteiger partial charge < -0.3 is 50.9 Å². The minimum absolute atomic E-state index is 0.00379. The van der Waals surface area contributed by atoms with Crippen LogP contribution in [0.15, 0.2) is 96.8 Å². The lowest BCUT2D eigenvalue weighted by molar-refractivity contribution is -0.144. The number of para-hydroxylation sites is 1. The van der Waals surface area contributed by atoms with Gasteiger partial charge in [0.2, 0.25) is 17.7 Å². The molecule has 0 aliphatic carbocycles. The molecule has 4 aliphatic heterocycles. The number of aromatic hydroxyl groups is 1. The third-order valence-corrected chi connectivity index (χ3v) is 16.7. The monoisotopic (exact) mass is 1090 g/mol. The van der Waals surface area contributed by atoms with Gasteiger partial charge in [-0.1, -0.05) is 63.2 Å². The number of phenolic OH excluding ortho intramolecular Hbond substituents is 1. The summed E-state index contributed by atoms with van der Waals surface area (Å²) in [6, 6.07) is 24.1. The minimum Gasteiger partial charge on any atom is -0.507 e. The van der Waals surface area contributed by atoms with Crippen LogP contribution in [0.3, 0.4) is 0 Å². The van der Waals surface area contributed by atoms with E-state index in [2.05, 4.69) is 57.5 Å². The molecule has 0 saturated carbocycles. The fourth-order valence-corrected chi connectivity index (χ4v) is 12.3. The van der Waals surface area contributed by atoms with E-state index in [-0.39, 0.29) is 43.5 Å². The van der Waals surface area contributed by atoms with Crippen LogP contribution >= 0.6 is 11.3 Å². The molecular weight excluding hydrogens is 1020 g/mol. The number of thiazole rings is 1. The van der Waals surface area contributed by atoms with Gasteiger partial charge in [0.15, 0.2) is 5.82 Å². The van der Waals surface area contributed by atoms with Gasteiger partial charge in [-0.05, 0) is 91.1 Å². The Morgan fingerprint density at radius 1 is 0.873 bits per heavy atom. The van der Waals surface area contributed by atoms with E-state index in [1.165, 1.54) is 10.6 Å². The number of nitrogen functional groups attached to an aromatic ring is 1. The van der Waals surface area contributed by atoms with E-state index in [4.69, 9.17) is 20.4 Å². The molecule has 2 bridgehead atoms. The molecule has 416 valence electrons. The number of aryl methyl sites for hydroxylation is 2. The second-order valence-corrected chi connectivity index (χ2v) is 23.3. The standard InChI is InChI=1S/C59H73N13O6S/c1-38-54(79-37-64-38)41-14-11-39(12-15-41)32-63-57(76)50-30-46(73)36-71(50)58(77)55(59(2,3)4)65-53(75)28-40-13-18-52(62-33-40)69-23-21-68(22-24-69)25-27-78-26-7-8-42-29-43(19-20-61-42)72-44-16-17-45(72)35-70(34-44)49-31-48(66-67-56(49)60)47-9-5-6-10-51(47)74/h5-6,9-15,18-20,29,31,33,37,44-46,50,55,73-74H,7-8,16-17,21-28,30,32,34-36H2,1-4H3,(H2,60,67)(H,63,76)(H,65,75)/t44?,45?,46-,50+,55-/m1/s1. The number of rotatable bonds is 19. The largest absolute Gasteiger partial charge is 0.507 e. The average Bonchev–Trinajstić information content (AvgIpc) is 4.24. The number of pyridine rings is 2. The maximum atomic E-state index is 14.2. The Morgan fingerprint density at radius 2 is 1.63 bits per heavy atom. The summed E-state index contributed by atoms with van der Waals surface area (Å²) in [5.74, 6) is 0.325. The van der Waals surface area contributed by atoms with Crippen molar-refractivity contribution in [2.24, 2.45) is 5.41 Å². The van der Waals surface area contributed by atoms with Crippen molar-refractivity contribution < 1.29 is 29.3 Å². The van der Waals surface area contributed by atoms with Gasteiger partial charge in [-0.15, -0.1) is 21.5 Å². The number of hydrogen-bond donors (Lipinski definition) is 5. The van der Waals surface area contributed by atoms with Crippen LogP contribution in [0.2, 0.25) is 0 Å². The molecular formula is C59H73N13O6S. The number of nitrogens with one attached hydrogen (secondary N) is 2. The molecule has 2 aromatic carbocycles. The molecule has 20 heteroatoms. The van der Waals surface area contributed by atoms with Crippen molar-refractivity contribution in [3.05, 3.63) is 119 Å². The lowest BCUT2D eigenvalue weighted by atomic mass is 9.85. The van der Waals surface area contributed by atoms with Crippen LogP contribution in [0.5, 0.6) is 5.75 Å². The van der Waals surface area contributed by atoms with Crippen LogP contribution in [-0.2, 0) is 38.5 Å². The van der Waals surface area contributed by atoms with E-state index in [0.717, 1.165) is 116 Å². The number of fused-ring (bicyclic) bond motifs is 2. The summed E-state index contributed by atoms with van der Waals surface area (Å²) >= 11 is 1.58. The molecule has 6 aromatic rings. The average molecular weight is 1090 g/mol. The minimum atomic E-state index is -0.930. The first kappa shape index (κ1) is 55.1. The van der Waals surface area contributed by atoms with Crippen LogP contribution in [0, 0.1) is 12.3 Å². The number of benzene rings is 2. The number of aliphatic hydroxyl groups excluding tert-OH is 1. The van der Waals surface area contributed by atoms with Gasteiger partial charge in [0.05, 0.1) is 46.6 Å². The number of piperazine rings is 2. The van der Waals surface area contributed by atoms with Gasteiger partial charge in [-0.25, -0.2) is 9.97 Å². The Balaban J connectivity index is 0.628. The number of nitrogens with two attached hydrogens (primary N) is 1. The van der Waals surface area contributed by atoms with Crippen molar-refractivity contribution in [1.29, 1.82) is 0 Å². The number of carbonyl (C=O) groups is 3. The van der Waals surface area contributed by atoms with E-state index < -0.39 is 29.5 Å². The predicted octanol–water partition coefficient (Wildman–Crippen LogP) is 5.63. The van der Waals surface area contributed by atoms with Crippen molar-refractivity contribution in [3.8, 4) is 27.4 Å². The van der Waals surface area contributed by atoms with Crippen LogP contribution < -0.4 is 31.1 Å². The van der Waals surface area contributed by atoms with Gasteiger partial charge in [0, 0.05) is 113 Å². The number of anilines is 4. The Labute approximate surface area is 466 Å². The molecule has 2 unspecified atom stereocenters. The fraction of sp³-hybridized carbons (Fsp3) is 0.458. The Morgan fingerprint density at radius 3 is 2.34 bits per heavy atom. The van der Waals surface area contributed by atoms with Gasteiger partial charge in [0.1, 0.15) is 23.7 Å². The van der Waals surface area contributed by atoms with E-state index in [1.807, 2.05) is 94.0 Å². The highest BCUT2D eigenvalue weighted by Crippen LogP contribution is 2.39. The lowest BCUT2D eigenvalue weighted by Crippen LogP contribution is -2.58. The number of phenols is 1. The first-order chi connectivity index (χ1) is 38.1. The number of aromatic nitrogens is 5. The number of hydrogen-bond acceptors (Lipinski definition) is 17. The molecule has 79 heavy (non-hydrogen) atoms.